The summed E-state index contributed by atoms with van der Waals surface area (Å²) in [7, 11) is 0. The third-order valence-corrected chi connectivity index (χ3v) is 2.80. The highest BCUT2D eigenvalue weighted by atomic mass is 16.1. The summed E-state index contributed by atoms with van der Waals surface area (Å²) < 4.78 is 0. The summed E-state index contributed by atoms with van der Waals surface area (Å²) in [6.45, 7) is 3.80. The van der Waals surface area contributed by atoms with Crippen molar-refractivity contribution in [2.75, 3.05) is 5.32 Å². The SMILES string of the molecule is CC(C)=CC(=O)Nc1ccc(Cc2ccncc2)cc1. The summed E-state index contributed by atoms with van der Waals surface area (Å²) in [6, 6.07) is 11.9. The maximum absolute atomic E-state index is 11.6. The molecule has 102 valence electrons. The van der Waals surface area contributed by atoms with Gasteiger partial charge >= 0.3 is 0 Å². The molecule has 20 heavy (non-hydrogen) atoms. The Morgan fingerprint density at radius 3 is 2.25 bits per heavy atom. The van der Waals surface area contributed by atoms with Crippen molar-refractivity contribution in [2.45, 2.75) is 20.3 Å². The molecule has 1 aromatic carbocycles. The summed E-state index contributed by atoms with van der Waals surface area (Å²) >= 11 is 0. The van der Waals surface area contributed by atoms with Gasteiger partial charge in [0.1, 0.15) is 0 Å². The van der Waals surface area contributed by atoms with Crippen molar-refractivity contribution in [3.63, 3.8) is 0 Å². The molecule has 0 unspecified atom stereocenters. The summed E-state index contributed by atoms with van der Waals surface area (Å²) in [5.41, 5.74) is 4.22. The Morgan fingerprint density at radius 1 is 1.05 bits per heavy atom. The third kappa shape index (κ3) is 4.35. The molecule has 0 fully saturated rings. The van der Waals surface area contributed by atoms with E-state index in [1.165, 1.54) is 11.1 Å². The van der Waals surface area contributed by atoms with Crippen LogP contribution in [0.4, 0.5) is 5.69 Å². The van der Waals surface area contributed by atoms with Gasteiger partial charge in [-0.2, -0.15) is 0 Å². The van der Waals surface area contributed by atoms with E-state index < -0.39 is 0 Å². The van der Waals surface area contributed by atoms with Crippen LogP contribution >= 0.6 is 0 Å². The van der Waals surface area contributed by atoms with Crippen LogP contribution in [0.25, 0.3) is 0 Å². The lowest BCUT2D eigenvalue weighted by molar-refractivity contribution is -0.111. The van der Waals surface area contributed by atoms with E-state index in [1.54, 1.807) is 18.5 Å². The average Bonchev–Trinajstić information content (AvgIpc) is 2.41. The monoisotopic (exact) mass is 266 g/mol. The van der Waals surface area contributed by atoms with Crippen LogP contribution in [-0.2, 0) is 11.2 Å². The first-order valence-electron chi connectivity index (χ1n) is 6.57. The minimum atomic E-state index is -0.0908. The van der Waals surface area contributed by atoms with E-state index in [2.05, 4.69) is 10.3 Å². The number of carbonyl (C=O) groups excluding carboxylic acids is 1. The van der Waals surface area contributed by atoms with Gasteiger partial charge in [0, 0.05) is 24.2 Å². The molecule has 2 aromatic rings. The van der Waals surface area contributed by atoms with E-state index in [0.717, 1.165) is 17.7 Å². The molecule has 0 radical (unpaired) electrons. The molecule has 0 saturated heterocycles. The Morgan fingerprint density at radius 2 is 1.65 bits per heavy atom. The van der Waals surface area contributed by atoms with Crippen molar-refractivity contribution in [3.8, 4) is 0 Å². The number of aromatic nitrogens is 1. The average molecular weight is 266 g/mol. The molecule has 1 amide bonds. The molecule has 0 aliphatic heterocycles. The van der Waals surface area contributed by atoms with Crippen LogP contribution in [0.2, 0.25) is 0 Å². The fourth-order valence-electron chi connectivity index (χ4n) is 1.88. The molecule has 0 spiro atoms. The van der Waals surface area contributed by atoms with E-state index in [0.29, 0.717) is 0 Å². The fourth-order valence-corrected chi connectivity index (χ4v) is 1.88. The highest BCUT2D eigenvalue weighted by Gasteiger charge is 2.00. The first-order valence-corrected chi connectivity index (χ1v) is 6.57. The Labute approximate surface area is 119 Å². The van der Waals surface area contributed by atoms with Crippen molar-refractivity contribution < 1.29 is 4.79 Å². The minimum Gasteiger partial charge on any atom is -0.323 e. The van der Waals surface area contributed by atoms with Gasteiger partial charge in [-0.15, -0.1) is 0 Å². The van der Waals surface area contributed by atoms with E-state index in [1.807, 2.05) is 50.2 Å². The van der Waals surface area contributed by atoms with E-state index in [-0.39, 0.29) is 5.91 Å². The van der Waals surface area contributed by atoms with Crippen molar-refractivity contribution >= 4 is 11.6 Å². The number of hydrogen-bond donors (Lipinski definition) is 1. The highest BCUT2D eigenvalue weighted by molar-refractivity contribution is 5.99. The lowest BCUT2D eigenvalue weighted by Gasteiger charge is -2.05. The van der Waals surface area contributed by atoms with Crippen molar-refractivity contribution in [3.05, 3.63) is 71.6 Å². The largest absolute Gasteiger partial charge is 0.323 e. The van der Waals surface area contributed by atoms with Crippen LogP contribution in [0.1, 0.15) is 25.0 Å². The zero-order chi connectivity index (χ0) is 14.4. The third-order valence-electron chi connectivity index (χ3n) is 2.80. The number of pyridine rings is 1. The summed E-state index contributed by atoms with van der Waals surface area (Å²) in [4.78, 5) is 15.6. The minimum absolute atomic E-state index is 0.0908. The Hall–Kier alpha value is -2.42. The number of allylic oxidation sites excluding steroid dienone is 1. The molecule has 3 heteroatoms. The number of benzene rings is 1. The molecule has 1 heterocycles. The number of amides is 1. The zero-order valence-corrected chi connectivity index (χ0v) is 11.8. The van der Waals surface area contributed by atoms with Gasteiger partial charge in [-0.05, 0) is 55.7 Å². The highest BCUT2D eigenvalue weighted by Crippen LogP contribution is 2.13. The molecule has 0 atom stereocenters. The molecule has 0 bridgehead atoms. The summed E-state index contributed by atoms with van der Waals surface area (Å²) in [5, 5.41) is 2.84. The zero-order valence-electron chi connectivity index (χ0n) is 11.8. The molecule has 2 rings (SSSR count). The lowest BCUT2D eigenvalue weighted by atomic mass is 10.1. The van der Waals surface area contributed by atoms with Gasteiger partial charge in [0.25, 0.3) is 0 Å². The molecule has 0 saturated carbocycles. The molecule has 3 nitrogen and oxygen atoms in total. The van der Waals surface area contributed by atoms with E-state index >= 15 is 0 Å². The Balaban J connectivity index is 2.00. The molecule has 0 aliphatic rings. The molecule has 1 N–H and O–H groups in total. The van der Waals surface area contributed by atoms with Crippen molar-refractivity contribution in [1.82, 2.24) is 4.98 Å². The van der Waals surface area contributed by atoms with Gasteiger partial charge in [-0.25, -0.2) is 0 Å². The van der Waals surface area contributed by atoms with Gasteiger partial charge < -0.3 is 5.32 Å². The Kier molecular flexibility index (Phi) is 4.66. The topological polar surface area (TPSA) is 42.0 Å². The molecular weight excluding hydrogens is 248 g/mol. The van der Waals surface area contributed by atoms with Crippen LogP contribution in [-0.4, -0.2) is 10.9 Å². The second kappa shape index (κ2) is 6.66. The van der Waals surface area contributed by atoms with Crippen LogP contribution in [0.5, 0.6) is 0 Å². The summed E-state index contributed by atoms with van der Waals surface area (Å²) in [6.07, 6.45) is 6.04. The number of nitrogens with one attached hydrogen (secondary N) is 1. The van der Waals surface area contributed by atoms with Crippen molar-refractivity contribution in [1.29, 1.82) is 0 Å². The molecule has 1 aromatic heterocycles. The van der Waals surface area contributed by atoms with E-state index in [4.69, 9.17) is 0 Å². The smallest absolute Gasteiger partial charge is 0.248 e. The summed E-state index contributed by atoms with van der Waals surface area (Å²) in [5.74, 6) is -0.0908. The van der Waals surface area contributed by atoms with Gasteiger partial charge in [-0.3, -0.25) is 9.78 Å². The number of rotatable bonds is 4. The predicted octanol–water partition coefficient (Wildman–Crippen LogP) is 3.58. The maximum atomic E-state index is 11.6. The van der Waals surface area contributed by atoms with Gasteiger partial charge in [0.15, 0.2) is 0 Å². The normalized spacial score (nSPS) is 9.90. The van der Waals surface area contributed by atoms with Crippen molar-refractivity contribution in [2.24, 2.45) is 0 Å². The second-order valence-corrected chi connectivity index (χ2v) is 4.94. The number of carbonyl (C=O) groups is 1. The maximum Gasteiger partial charge on any atom is 0.248 e. The van der Waals surface area contributed by atoms with Crippen LogP contribution in [0.3, 0.4) is 0 Å². The van der Waals surface area contributed by atoms with Gasteiger partial charge in [-0.1, -0.05) is 17.7 Å². The molecule has 0 aliphatic carbocycles. The van der Waals surface area contributed by atoms with Gasteiger partial charge in [0.05, 0.1) is 0 Å². The number of anilines is 1. The quantitative estimate of drug-likeness (QED) is 0.859. The van der Waals surface area contributed by atoms with Crippen LogP contribution in [0.15, 0.2) is 60.4 Å². The van der Waals surface area contributed by atoms with Crippen LogP contribution < -0.4 is 5.32 Å². The van der Waals surface area contributed by atoms with Crippen LogP contribution in [0, 0.1) is 0 Å². The second-order valence-electron chi connectivity index (χ2n) is 4.94. The first-order chi connectivity index (χ1) is 9.63. The lowest BCUT2D eigenvalue weighted by Crippen LogP contribution is -2.08. The number of hydrogen-bond acceptors (Lipinski definition) is 2. The Bertz CT molecular complexity index is 597. The predicted molar refractivity (Wildman–Crippen MR) is 81.5 cm³/mol. The number of nitrogens with zero attached hydrogens (tertiary/aromatic N) is 1. The first kappa shape index (κ1) is 14.0. The van der Waals surface area contributed by atoms with E-state index in [9.17, 15) is 4.79 Å². The standard InChI is InChI=1S/C17H18N2O/c1-13(2)11-17(20)19-16-5-3-14(4-6-16)12-15-7-9-18-10-8-15/h3-11H,12H2,1-2H3,(H,19,20). The fraction of sp³-hybridized carbons (Fsp3) is 0.176. The molecular formula is C17H18N2O. The van der Waals surface area contributed by atoms with Gasteiger partial charge in [0.2, 0.25) is 5.91 Å².